The molecule has 2 amide bonds. The van der Waals surface area contributed by atoms with Crippen LogP contribution in [-0.4, -0.2) is 48.2 Å². The third-order valence-corrected chi connectivity index (χ3v) is 4.05. The molecule has 0 radical (unpaired) electrons. The molecule has 0 saturated carbocycles. The Labute approximate surface area is 166 Å². The lowest BCUT2D eigenvalue weighted by Crippen LogP contribution is -2.28. The molecule has 0 aliphatic carbocycles. The van der Waals surface area contributed by atoms with E-state index in [2.05, 4.69) is 20.8 Å². The van der Waals surface area contributed by atoms with E-state index in [9.17, 15) is 14.4 Å². The number of benzene rings is 2. The molecular formula is C20H20N4O5. The normalized spacial score (nSPS) is 10.4. The average molecular weight is 396 g/mol. The van der Waals surface area contributed by atoms with Crippen LogP contribution in [0.1, 0.15) is 16.9 Å². The van der Waals surface area contributed by atoms with Crippen LogP contribution in [0.5, 0.6) is 5.75 Å². The molecule has 1 aromatic heterocycles. The number of amides is 2. The number of ether oxygens (including phenoxy) is 2. The van der Waals surface area contributed by atoms with Gasteiger partial charge in [0.15, 0.2) is 12.3 Å². The van der Waals surface area contributed by atoms with Crippen molar-refractivity contribution in [3.63, 3.8) is 0 Å². The number of rotatable bonds is 8. The highest BCUT2D eigenvalue weighted by Gasteiger charge is 2.14. The predicted molar refractivity (Wildman–Crippen MR) is 106 cm³/mol. The van der Waals surface area contributed by atoms with Gasteiger partial charge in [-0.05, 0) is 18.2 Å². The number of fused-ring (bicyclic) bond motifs is 1. The van der Waals surface area contributed by atoms with Gasteiger partial charge in [-0.15, -0.1) is 0 Å². The monoisotopic (exact) mass is 396 g/mol. The smallest absolute Gasteiger partial charge is 0.308 e. The summed E-state index contributed by atoms with van der Waals surface area (Å²) in [5.74, 6) is -0.993. The zero-order valence-corrected chi connectivity index (χ0v) is 15.7. The van der Waals surface area contributed by atoms with Gasteiger partial charge in [-0.2, -0.15) is 5.10 Å². The van der Waals surface area contributed by atoms with Gasteiger partial charge in [-0.1, -0.05) is 30.3 Å². The maximum atomic E-state index is 12.2. The van der Waals surface area contributed by atoms with Crippen LogP contribution in [0, 0.1) is 0 Å². The third kappa shape index (κ3) is 5.10. The van der Waals surface area contributed by atoms with E-state index in [0.29, 0.717) is 16.8 Å². The number of nitrogens with zero attached hydrogens (tertiary/aromatic N) is 1. The molecular weight excluding hydrogens is 376 g/mol. The summed E-state index contributed by atoms with van der Waals surface area (Å²) in [6.07, 6.45) is -0.0734. The van der Waals surface area contributed by atoms with Gasteiger partial charge >= 0.3 is 5.97 Å². The fourth-order valence-electron chi connectivity index (χ4n) is 2.65. The molecule has 0 saturated heterocycles. The molecule has 1 heterocycles. The fourth-order valence-corrected chi connectivity index (χ4v) is 2.65. The Hall–Kier alpha value is -3.88. The second kappa shape index (κ2) is 9.36. The average Bonchev–Trinajstić information content (AvgIpc) is 3.17. The van der Waals surface area contributed by atoms with Crippen LogP contribution < -0.4 is 15.4 Å². The zero-order valence-electron chi connectivity index (χ0n) is 15.7. The fraction of sp³-hybridized carbons (Fsp3) is 0.200. The summed E-state index contributed by atoms with van der Waals surface area (Å²) in [4.78, 5) is 35.9. The molecule has 9 nitrogen and oxygen atoms in total. The Balaban J connectivity index is 1.41. The van der Waals surface area contributed by atoms with Crippen LogP contribution in [0.3, 0.4) is 0 Å². The van der Waals surface area contributed by atoms with E-state index in [-0.39, 0.29) is 18.7 Å². The Morgan fingerprint density at radius 3 is 2.66 bits per heavy atom. The molecule has 3 N–H and O–H groups in total. The van der Waals surface area contributed by atoms with Crippen molar-refractivity contribution in [2.24, 2.45) is 0 Å². The van der Waals surface area contributed by atoms with Gasteiger partial charge in [0.2, 0.25) is 0 Å². The Morgan fingerprint density at radius 2 is 1.83 bits per heavy atom. The van der Waals surface area contributed by atoms with Gasteiger partial charge in [0.25, 0.3) is 11.8 Å². The highest BCUT2D eigenvalue weighted by molar-refractivity contribution is 6.04. The van der Waals surface area contributed by atoms with Crippen LogP contribution in [0.25, 0.3) is 10.9 Å². The number of carbonyl (C=O) groups excluding carboxylic acids is 3. The first kappa shape index (κ1) is 19.9. The lowest BCUT2D eigenvalue weighted by molar-refractivity contribution is -0.147. The second-order valence-electron chi connectivity index (χ2n) is 6.03. The summed E-state index contributed by atoms with van der Waals surface area (Å²) in [6, 6.07) is 14.1. The number of hydrogen-bond donors (Lipinski definition) is 3. The van der Waals surface area contributed by atoms with Crippen molar-refractivity contribution in [2.75, 3.05) is 25.6 Å². The van der Waals surface area contributed by atoms with E-state index in [1.165, 1.54) is 7.11 Å². The summed E-state index contributed by atoms with van der Waals surface area (Å²) >= 11 is 0. The SMILES string of the molecule is COc1ccccc1NC(=O)COC(=O)CCNC(=O)c1n[nH]c2ccccc12. The summed E-state index contributed by atoms with van der Waals surface area (Å²) < 4.78 is 10.1. The number of H-pyrrole nitrogens is 1. The van der Waals surface area contributed by atoms with E-state index < -0.39 is 24.4 Å². The second-order valence-corrected chi connectivity index (χ2v) is 6.03. The van der Waals surface area contributed by atoms with Crippen molar-refractivity contribution in [1.29, 1.82) is 0 Å². The molecule has 150 valence electrons. The molecule has 0 aliphatic rings. The van der Waals surface area contributed by atoms with Crippen molar-refractivity contribution in [2.45, 2.75) is 6.42 Å². The molecule has 0 atom stereocenters. The molecule has 3 aromatic rings. The molecule has 9 heteroatoms. The Bertz CT molecular complexity index is 1030. The largest absolute Gasteiger partial charge is 0.495 e. The lowest BCUT2D eigenvalue weighted by Gasteiger charge is -2.10. The van der Waals surface area contributed by atoms with Crippen molar-refractivity contribution in [3.05, 3.63) is 54.2 Å². The molecule has 0 bridgehead atoms. The number of aromatic nitrogens is 2. The number of methoxy groups -OCH3 is 1. The minimum absolute atomic E-state index is 0.0625. The van der Waals surface area contributed by atoms with Gasteiger partial charge in [-0.25, -0.2) is 0 Å². The van der Waals surface area contributed by atoms with Gasteiger partial charge in [0.1, 0.15) is 5.75 Å². The van der Waals surface area contributed by atoms with Crippen LogP contribution in [0.2, 0.25) is 0 Å². The molecule has 0 unspecified atom stereocenters. The van der Waals surface area contributed by atoms with E-state index >= 15 is 0 Å². The number of hydrogen-bond acceptors (Lipinski definition) is 6. The molecule has 29 heavy (non-hydrogen) atoms. The standard InChI is InChI=1S/C20H20N4O5/c1-28-16-9-5-4-8-15(16)22-17(25)12-29-18(26)10-11-21-20(27)19-13-6-2-3-7-14(13)23-24-19/h2-9H,10-12H2,1H3,(H,21,27)(H,22,25)(H,23,24). The number of esters is 1. The van der Waals surface area contributed by atoms with Gasteiger partial charge in [0.05, 0.1) is 24.7 Å². The molecule has 2 aromatic carbocycles. The van der Waals surface area contributed by atoms with Crippen LogP contribution >= 0.6 is 0 Å². The van der Waals surface area contributed by atoms with E-state index in [1.807, 2.05) is 18.2 Å². The predicted octanol–water partition coefficient (Wildman–Crippen LogP) is 1.87. The highest BCUT2D eigenvalue weighted by Crippen LogP contribution is 2.22. The molecule has 0 spiro atoms. The number of nitrogens with one attached hydrogen (secondary N) is 3. The van der Waals surface area contributed by atoms with Gasteiger partial charge in [0, 0.05) is 11.9 Å². The number of carbonyl (C=O) groups is 3. The minimum atomic E-state index is -0.604. The minimum Gasteiger partial charge on any atom is -0.495 e. The van der Waals surface area contributed by atoms with E-state index in [4.69, 9.17) is 9.47 Å². The lowest BCUT2D eigenvalue weighted by atomic mass is 10.2. The van der Waals surface area contributed by atoms with Crippen LogP contribution in [0.15, 0.2) is 48.5 Å². The van der Waals surface area contributed by atoms with Crippen molar-refractivity contribution >= 4 is 34.4 Å². The number of para-hydroxylation sites is 3. The first-order valence-electron chi connectivity index (χ1n) is 8.88. The van der Waals surface area contributed by atoms with E-state index in [0.717, 1.165) is 5.52 Å². The Kier molecular flexibility index (Phi) is 6.41. The summed E-state index contributed by atoms with van der Waals surface area (Å²) in [6.45, 7) is -0.373. The summed E-state index contributed by atoms with van der Waals surface area (Å²) in [5, 5.41) is 12.7. The molecule has 0 fully saturated rings. The summed E-state index contributed by atoms with van der Waals surface area (Å²) in [5.41, 5.74) is 1.48. The summed E-state index contributed by atoms with van der Waals surface area (Å²) in [7, 11) is 1.49. The van der Waals surface area contributed by atoms with Crippen molar-refractivity contribution < 1.29 is 23.9 Å². The maximum absolute atomic E-state index is 12.2. The molecule has 3 rings (SSSR count). The third-order valence-electron chi connectivity index (χ3n) is 4.05. The van der Waals surface area contributed by atoms with Crippen LogP contribution in [-0.2, 0) is 14.3 Å². The molecule has 0 aliphatic heterocycles. The highest BCUT2D eigenvalue weighted by atomic mass is 16.5. The van der Waals surface area contributed by atoms with Gasteiger partial charge in [-0.3, -0.25) is 19.5 Å². The maximum Gasteiger partial charge on any atom is 0.308 e. The zero-order chi connectivity index (χ0) is 20.6. The first-order chi connectivity index (χ1) is 14.1. The Morgan fingerprint density at radius 1 is 1.07 bits per heavy atom. The van der Waals surface area contributed by atoms with Gasteiger partial charge < -0.3 is 20.1 Å². The van der Waals surface area contributed by atoms with Crippen molar-refractivity contribution in [3.8, 4) is 5.75 Å². The van der Waals surface area contributed by atoms with Crippen LogP contribution in [0.4, 0.5) is 5.69 Å². The van der Waals surface area contributed by atoms with Crippen molar-refractivity contribution in [1.82, 2.24) is 15.5 Å². The quantitative estimate of drug-likeness (QED) is 0.500. The first-order valence-corrected chi connectivity index (χ1v) is 8.88. The topological polar surface area (TPSA) is 122 Å². The van der Waals surface area contributed by atoms with E-state index in [1.54, 1.807) is 30.3 Å². The number of anilines is 1. The number of aromatic amines is 1.